The largest absolute Gasteiger partial charge is 0.478 e. The van der Waals surface area contributed by atoms with Crippen molar-refractivity contribution < 1.29 is 19.6 Å². The van der Waals surface area contributed by atoms with Crippen LogP contribution < -0.4 is 5.32 Å². The molecule has 0 bridgehead atoms. The van der Waals surface area contributed by atoms with E-state index in [-0.39, 0.29) is 22.6 Å². The molecule has 0 spiro atoms. The van der Waals surface area contributed by atoms with Crippen LogP contribution in [0.1, 0.15) is 26.3 Å². The molecule has 0 atom stereocenters. The highest BCUT2D eigenvalue weighted by molar-refractivity contribution is 8.00. The molecule has 0 aliphatic rings. The lowest BCUT2D eigenvalue weighted by Crippen LogP contribution is -2.16. The van der Waals surface area contributed by atoms with Crippen LogP contribution >= 0.6 is 34.7 Å². The molecule has 0 fully saturated rings. The van der Waals surface area contributed by atoms with E-state index in [0.29, 0.717) is 26.1 Å². The molecule has 0 aliphatic heterocycles. The highest BCUT2D eigenvalue weighted by Gasteiger charge is 2.18. The Labute approximate surface area is 200 Å². The van der Waals surface area contributed by atoms with Crippen molar-refractivity contribution in [3.05, 3.63) is 92.5 Å². The Morgan fingerprint density at radius 2 is 1.88 bits per heavy atom. The minimum absolute atomic E-state index is 0.0391. The highest BCUT2D eigenvalue weighted by atomic mass is 35.5. The number of carboxylic acid groups (broad SMARTS) is 1. The van der Waals surface area contributed by atoms with Crippen LogP contribution in [0.2, 0.25) is 5.02 Å². The summed E-state index contributed by atoms with van der Waals surface area (Å²) in [6.07, 6.45) is 0. The van der Waals surface area contributed by atoms with Gasteiger partial charge in [-0.25, -0.2) is 9.78 Å². The number of halogens is 1. The number of aromatic nitrogens is 1. The summed E-state index contributed by atoms with van der Waals surface area (Å²) in [7, 11) is 0. The van der Waals surface area contributed by atoms with E-state index in [9.17, 15) is 24.8 Å². The minimum atomic E-state index is -1.18. The Balaban J connectivity index is 1.52. The molecule has 33 heavy (non-hydrogen) atoms. The predicted octanol–water partition coefficient (Wildman–Crippen LogP) is 6.10. The zero-order valence-electron chi connectivity index (χ0n) is 16.6. The molecule has 3 aromatic carbocycles. The number of fused-ring (bicyclic) bond motifs is 1. The second kappa shape index (κ2) is 9.57. The van der Waals surface area contributed by atoms with Crippen molar-refractivity contribution in [1.82, 2.24) is 4.98 Å². The first kappa shape index (κ1) is 22.7. The molecule has 1 heterocycles. The van der Waals surface area contributed by atoms with Crippen LogP contribution in [0.25, 0.3) is 10.2 Å². The lowest BCUT2D eigenvalue weighted by atomic mass is 10.1. The fourth-order valence-corrected chi connectivity index (χ4v) is 5.57. The Morgan fingerprint density at radius 1 is 1.12 bits per heavy atom. The van der Waals surface area contributed by atoms with Crippen LogP contribution in [0.5, 0.6) is 0 Å². The topological polar surface area (TPSA) is 122 Å². The molecule has 0 unspecified atom stereocenters. The third-order valence-electron chi connectivity index (χ3n) is 4.66. The number of carboxylic acids is 1. The smallest absolute Gasteiger partial charge is 0.336 e. The Bertz CT molecular complexity index is 1410. The molecular formula is C22H14ClN3O5S2. The van der Waals surface area contributed by atoms with Crippen molar-refractivity contribution in [3.8, 4) is 0 Å². The third-order valence-corrected chi connectivity index (χ3v) is 7.20. The van der Waals surface area contributed by atoms with Crippen molar-refractivity contribution in [2.45, 2.75) is 10.1 Å². The number of nitro groups is 1. The maximum Gasteiger partial charge on any atom is 0.336 e. The number of nitrogens with one attached hydrogen (secondary N) is 1. The van der Waals surface area contributed by atoms with Crippen LogP contribution in [0.15, 0.2) is 65.0 Å². The van der Waals surface area contributed by atoms with Gasteiger partial charge in [0.2, 0.25) is 0 Å². The van der Waals surface area contributed by atoms with Gasteiger partial charge in [0.1, 0.15) is 0 Å². The molecule has 0 radical (unpaired) electrons. The summed E-state index contributed by atoms with van der Waals surface area (Å²) >= 11 is 8.87. The Hall–Kier alpha value is -3.47. The number of amides is 1. The number of nitro benzene ring substituents is 1. The van der Waals surface area contributed by atoms with E-state index in [1.807, 2.05) is 0 Å². The fourth-order valence-electron chi connectivity index (χ4n) is 3.10. The number of benzene rings is 3. The van der Waals surface area contributed by atoms with E-state index in [0.717, 1.165) is 4.70 Å². The summed E-state index contributed by atoms with van der Waals surface area (Å²) in [5, 5.41) is 23.6. The monoisotopic (exact) mass is 499 g/mol. The van der Waals surface area contributed by atoms with Crippen molar-refractivity contribution in [2.75, 3.05) is 5.32 Å². The first-order valence-corrected chi connectivity index (χ1v) is 11.6. The number of hydrogen-bond donors (Lipinski definition) is 2. The lowest BCUT2D eigenvalue weighted by Gasteiger charge is -2.07. The summed E-state index contributed by atoms with van der Waals surface area (Å²) in [5.74, 6) is -1.43. The number of thioether (sulfide) groups is 1. The summed E-state index contributed by atoms with van der Waals surface area (Å²) in [6, 6.07) is 15.7. The molecule has 11 heteroatoms. The average molecular weight is 500 g/mol. The van der Waals surface area contributed by atoms with E-state index >= 15 is 0 Å². The third kappa shape index (κ3) is 4.98. The van der Waals surface area contributed by atoms with Crippen molar-refractivity contribution in [1.29, 1.82) is 0 Å². The van der Waals surface area contributed by atoms with Gasteiger partial charge >= 0.3 is 5.97 Å². The molecule has 1 amide bonds. The van der Waals surface area contributed by atoms with Gasteiger partial charge in [-0.3, -0.25) is 14.9 Å². The number of thiazole rings is 1. The van der Waals surface area contributed by atoms with Crippen LogP contribution in [-0.4, -0.2) is 26.9 Å². The van der Waals surface area contributed by atoms with Crippen LogP contribution in [0, 0.1) is 10.1 Å². The quantitative estimate of drug-likeness (QED) is 0.179. The average Bonchev–Trinajstić information content (AvgIpc) is 3.20. The molecule has 4 aromatic rings. The zero-order chi connectivity index (χ0) is 23.5. The maximum atomic E-state index is 12.6. The maximum absolute atomic E-state index is 12.6. The van der Waals surface area contributed by atoms with E-state index < -0.39 is 16.8 Å². The summed E-state index contributed by atoms with van der Waals surface area (Å²) in [4.78, 5) is 39.3. The Morgan fingerprint density at radius 3 is 2.61 bits per heavy atom. The molecule has 166 valence electrons. The molecular weight excluding hydrogens is 486 g/mol. The molecule has 4 rings (SSSR count). The molecule has 0 saturated heterocycles. The van der Waals surface area contributed by atoms with E-state index in [1.54, 1.807) is 36.4 Å². The second-order valence-electron chi connectivity index (χ2n) is 6.75. The summed E-state index contributed by atoms with van der Waals surface area (Å²) in [6.45, 7) is 0. The van der Waals surface area contributed by atoms with Gasteiger partial charge in [0.25, 0.3) is 11.6 Å². The highest BCUT2D eigenvalue weighted by Crippen LogP contribution is 2.36. The van der Waals surface area contributed by atoms with Crippen LogP contribution in [0.3, 0.4) is 0 Å². The van der Waals surface area contributed by atoms with Gasteiger partial charge < -0.3 is 10.4 Å². The normalized spacial score (nSPS) is 10.8. The number of carbonyl (C=O) groups is 2. The number of aromatic carboxylic acids is 1. The van der Waals surface area contributed by atoms with Crippen molar-refractivity contribution in [2.24, 2.45) is 0 Å². The van der Waals surface area contributed by atoms with Gasteiger partial charge in [0.05, 0.1) is 36.9 Å². The molecule has 0 saturated carbocycles. The SMILES string of the molecule is O=C(O)c1ccccc1C(=O)Nc1ccc2nc(SCc3c(Cl)cccc3[N+](=O)[O-])sc2c1. The standard InChI is InChI=1S/C22H14ClN3O5S2/c23-16-6-3-7-18(26(30)31)15(16)11-32-22-25-17-9-8-12(10-19(17)33-22)24-20(27)13-4-1-2-5-14(13)21(28)29/h1-10H,11H2,(H,24,27)(H,28,29). The summed E-state index contributed by atoms with van der Waals surface area (Å²) in [5.41, 5.74) is 1.57. The molecule has 8 nitrogen and oxygen atoms in total. The lowest BCUT2D eigenvalue weighted by molar-refractivity contribution is -0.385. The van der Waals surface area contributed by atoms with Gasteiger partial charge in [-0.05, 0) is 36.4 Å². The number of anilines is 1. The van der Waals surface area contributed by atoms with Gasteiger partial charge in [0.15, 0.2) is 4.34 Å². The van der Waals surface area contributed by atoms with E-state index in [4.69, 9.17) is 11.6 Å². The molecule has 2 N–H and O–H groups in total. The number of hydrogen-bond acceptors (Lipinski definition) is 7. The van der Waals surface area contributed by atoms with Crippen molar-refractivity contribution in [3.63, 3.8) is 0 Å². The van der Waals surface area contributed by atoms with Crippen LogP contribution in [0.4, 0.5) is 11.4 Å². The fraction of sp³-hybridized carbons (Fsp3) is 0.0455. The zero-order valence-corrected chi connectivity index (χ0v) is 19.0. The summed E-state index contributed by atoms with van der Waals surface area (Å²) < 4.78 is 1.49. The predicted molar refractivity (Wildman–Crippen MR) is 129 cm³/mol. The van der Waals surface area contributed by atoms with E-state index in [1.165, 1.54) is 47.4 Å². The van der Waals surface area contributed by atoms with Gasteiger partial charge in [-0.15, -0.1) is 11.3 Å². The van der Waals surface area contributed by atoms with Crippen molar-refractivity contribution >= 4 is 68.2 Å². The van der Waals surface area contributed by atoms with E-state index in [2.05, 4.69) is 10.3 Å². The Kier molecular flexibility index (Phi) is 6.59. The molecule has 1 aromatic heterocycles. The van der Waals surface area contributed by atoms with Gasteiger partial charge in [-0.2, -0.15) is 0 Å². The first-order chi connectivity index (χ1) is 15.8. The number of carbonyl (C=O) groups excluding carboxylic acids is 1. The molecule has 0 aliphatic carbocycles. The minimum Gasteiger partial charge on any atom is -0.478 e. The van der Waals surface area contributed by atoms with Crippen LogP contribution in [-0.2, 0) is 5.75 Å². The second-order valence-corrected chi connectivity index (χ2v) is 9.41. The number of rotatable bonds is 7. The van der Waals surface area contributed by atoms with Gasteiger partial charge in [-0.1, -0.05) is 41.6 Å². The van der Waals surface area contributed by atoms with Gasteiger partial charge in [0, 0.05) is 17.5 Å². The first-order valence-electron chi connectivity index (χ1n) is 9.42. The number of nitrogens with zero attached hydrogens (tertiary/aromatic N) is 2.